The van der Waals surface area contributed by atoms with Gasteiger partial charge in [0.15, 0.2) is 0 Å². The lowest BCUT2D eigenvalue weighted by Gasteiger charge is -2.31. The van der Waals surface area contributed by atoms with E-state index in [0.717, 1.165) is 43.0 Å². The third-order valence-electron chi connectivity index (χ3n) is 4.43. The number of nitrogens with two attached hydrogens (primary N) is 1. The monoisotopic (exact) mass is 316 g/mol. The Morgan fingerprint density at radius 1 is 1.26 bits per heavy atom. The zero-order valence-electron chi connectivity index (χ0n) is 13.6. The number of piperidine rings is 1. The summed E-state index contributed by atoms with van der Waals surface area (Å²) in [6.07, 6.45) is 4.05. The first-order valence-corrected chi connectivity index (χ1v) is 8.14. The maximum atomic E-state index is 5.76. The van der Waals surface area contributed by atoms with Crippen molar-refractivity contribution in [3.63, 3.8) is 0 Å². The molecule has 0 radical (unpaired) electrons. The summed E-state index contributed by atoms with van der Waals surface area (Å²) in [7, 11) is 1.64. The lowest BCUT2D eigenvalue weighted by molar-refractivity contribution is 0.155. The van der Waals surface area contributed by atoms with Crippen LogP contribution < -0.4 is 15.2 Å². The van der Waals surface area contributed by atoms with Crippen molar-refractivity contribution < 1.29 is 9.47 Å². The minimum atomic E-state index is 0.558. The molecule has 1 aliphatic rings. The van der Waals surface area contributed by atoms with Crippen molar-refractivity contribution >= 4 is 11.0 Å². The fourth-order valence-electron chi connectivity index (χ4n) is 2.90. The van der Waals surface area contributed by atoms with Gasteiger partial charge in [0.2, 0.25) is 5.88 Å². The number of nitrogens with zero attached hydrogens (tertiary/aromatic N) is 3. The molecule has 0 aliphatic carbocycles. The molecule has 0 amide bonds. The second-order valence-corrected chi connectivity index (χ2v) is 5.93. The highest BCUT2D eigenvalue weighted by molar-refractivity contribution is 5.76. The summed E-state index contributed by atoms with van der Waals surface area (Å²) in [6, 6.07) is 5.64. The number of ether oxygens (including phenoxy) is 2. The fraction of sp³-hybridized carbons (Fsp3) is 0.529. The van der Waals surface area contributed by atoms with E-state index in [1.165, 1.54) is 12.8 Å². The lowest BCUT2D eigenvalue weighted by Crippen LogP contribution is -2.38. The maximum Gasteiger partial charge on any atom is 0.232 e. The molecule has 23 heavy (non-hydrogen) atoms. The molecule has 0 unspecified atom stereocenters. The molecule has 1 aromatic heterocycles. The first-order valence-electron chi connectivity index (χ1n) is 8.14. The van der Waals surface area contributed by atoms with Crippen LogP contribution in [0.5, 0.6) is 11.6 Å². The van der Waals surface area contributed by atoms with Gasteiger partial charge in [0.25, 0.3) is 0 Å². The van der Waals surface area contributed by atoms with E-state index in [9.17, 15) is 0 Å². The summed E-state index contributed by atoms with van der Waals surface area (Å²) >= 11 is 0. The maximum absolute atomic E-state index is 5.76. The van der Waals surface area contributed by atoms with Crippen LogP contribution in [0.2, 0.25) is 0 Å². The zero-order valence-corrected chi connectivity index (χ0v) is 13.6. The van der Waals surface area contributed by atoms with E-state index in [0.29, 0.717) is 18.4 Å². The summed E-state index contributed by atoms with van der Waals surface area (Å²) in [5.74, 6) is 2.02. The normalized spacial score (nSPS) is 16.6. The number of rotatable bonds is 6. The first kappa shape index (κ1) is 16.0. The number of hydrogen-bond donors (Lipinski definition) is 1. The van der Waals surface area contributed by atoms with Crippen molar-refractivity contribution in [2.24, 2.45) is 11.7 Å². The van der Waals surface area contributed by atoms with Crippen LogP contribution in [0.1, 0.15) is 12.8 Å². The number of methoxy groups -OCH3 is 1. The van der Waals surface area contributed by atoms with Gasteiger partial charge in [-0.1, -0.05) is 0 Å². The first-order chi connectivity index (χ1) is 11.3. The van der Waals surface area contributed by atoms with E-state index in [-0.39, 0.29) is 0 Å². The number of fused-ring (bicyclic) bond motifs is 1. The summed E-state index contributed by atoms with van der Waals surface area (Å²) in [5.41, 5.74) is 7.34. The third-order valence-corrected chi connectivity index (χ3v) is 4.43. The van der Waals surface area contributed by atoms with Gasteiger partial charge in [-0.05, 0) is 50.5 Å². The van der Waals surface area contributed by atoms with Gasteiger partial charge in [-0.3, -0.25) is 4.90 Å². The van der Waals surface area contributed by atoms with E-state index in [2.05, 4.69) is 14.9 Å². The van der Waals surface area contributed by atoms with Crippen molar-refractivity contribution in [2.45, 2.75) is 12.8 Å². The largest absolute Gasteiger partial charge is 0.497 e. The number of likely N-dealkylation sites (tertiary alicyclic amines) is 1. The Hall–Kier alpha value is -1.92. The van der Waals surface area contributed by atoms with Gasteiger partial charge in [-0.2, -0.15) is 0 Å². The molecule has 0 spiro atoms. The summed E-state index contributed by atoms with van der Waals surface area (Å²) in [4.78, 5) is 11.3. The Kier molecular flexibility index (Phi) is 5.25. The van der Waals surface area contributed by atoms with Crippen LogP contribution in [0, 0.1) is 5.92 Å². The molecule has 124 valence electrons. The molecule has 0 saturated carbocycles. The van der Waals surface area contributed by atoms with E-state index >= 15 is 0 Å². The van der Waals surface area contributed by atoms with Crippen LogP contribution in [0.25, 0.3) is 11.0 Å². The number of benzene rings is 1. The van der Waals surface area contributed by atoms with Crippen molar-refractivity contribution in [3.05, 3.63) is 24.4 Å². The summed E-state index contributed by atoms with van der Waals surface area (Å²) in [5, 5.41) is 0. The molecule has 1 fully saturated rings. The van der Waals surface area contributed by atoms with E-state index in [1.807, 2.05) is 18.2 Å². The molecule has 2 heterocycles. The van der Waals surface area contributed by atoms with E-state index < -0.39 is 0 Å². The SMILES string of the molecule is COc1ccc2ncc(OCCN3CCC(CN)CC3)nc2c1. The van der Waals surface area contributed by atoms with Gasteiger partial charge in [-0.25, -0.2) is 9.97 Å². The molecule has 6 heteroatoms. The average molecular weight is 316 g/mol. The van der Waals surface area contributed by atoms with Crippen LogP contribution in [0.3, 0.4) is 0 Å². The molecule has 1 saturated heterocycles. The highest BCUT2D eigenvalue weighted by atomic mass is 16.5. The van der Waals surface area contributed by atoms with Crippen LogP contribution in [-0.4, -0.2) is 54.8 Å². The van der Waals surface area contributed by atoms with Gasteiger partial charge in [-0.15, -0.1) is 0 Å². The van der Waals surface area contributed by atoms with Gasteiger partial charge in [0.05, 0.1) is 24.3 Å². The Morgan fingerprint density at radius 3 is 2.83 bits per heavy atom. The van der Waals surface area contributed by atoms with Crippen molar-refractivity contribution in [1.29, 1.82) is 0 Å². The standard InChI is InChI=1S/C17H24N4O2/c1-22-14-2-3-15-16(10-14)20-17(12-19-15)23-9-8-21-6-4-13(11-18)5-7-21/h2-3,10,12-13H,4-9,11,18H2,1H3. The van der Waals surface area contributed by atoms with E-state index in [1.54, 1.807) is 13.3 Å². The van der Waals surface area contributed by atoms with Gasteiger partial charge < -0.3 is 15.2 Å². The summed E-state index contributed by atoms with van der Waals surface area (Å²) < 4.78 is 11.0. The predicted molar refractivity (Wildman–Crippen MR) is 89.8 cm³/mol. The van der Waals surface area contributed by atoms with Gasteiger partial charge in [0.1, 0.15) is 12.4 Å². The Balaban J connectivity index is 1.53. The molecule has 1 aromatic carbocycles. The quantitative estimate of drug-likeness (QED) is 0.874. The minimum Gasteiger partial charge on any atom is -0.497 e. The fourth-order valence-corrected chi connectivity index (χ4v) is 2.90. The predicted octanol–water partition coefficient (Wildman–Crippen LogP) is 1.69. The second-order valence-electron chi connectivity index (χ2n) is 5.93. The topological polar surface area (TPSA) is 73.5 Å². The van der Waals surface area contributed by atoms with Crippen LogP contribution in [0.15, 0.2) is 24.4 Å². The lowest BCUT2D eigenvalue weighted by atomic mass is 9.97. The third kappa shape index (κ3) is 4.09. The van der Waals surface area contributed by atoms with Crippen molar-refractivity contribution in [3.8, 4) is 11.6 Å². The molecule has 1 aliphatic heterocycles. The molecule has 6 nitrogen and oxygen atoms in total. The number of hydrogen-bond acceptors (Lipinski definition) is 6. The van der Waals surface area contributed by atoms with Gasteiger partial charge >= 0.3 is 0 Å². The Morgan fingerprint density at radius 2 is 2.09 bits per heavy atom. The summed E-state index contributed by atoms with van der Waals surface area (Å²) in [6.45, 7) is 4.55. The molecule has 3 rings (SSSR count). The van der Waals surface area contributed by atoms with Gasteiger partial charge in [0, 0.05) is 12.6 Å². The Bertz CT molecular complexity index is 642. The highest BCUT2D eigenvalue weighted by Crippen LogP contribution is 2.20. The molecular formula is C17H24N4O2. The highest BCUT2D eigenvalue weighted by Gasteiger charge is 2.17. The average Bonchev–Trinajstić information content (AvgIpc) is 2.61. The van der Waals surface area contributed by atoms with Crippen LogP contribution in [0.4, 0.5) is 0 Å². The zero-order chi connectivity index (χ0) is 16.1. The van der Waals surface area contributed by atoms with Crippen LogP contribution in [-0.2, 0) is 0 Å². The van der Waals surface area contributed by atoms with E-state index in [4.69, 9.17) is 15.2 Å². The number of aromatic nitrogens is 2. The molecule has 0 atom stereocenters. The van der Waals surface area contributed by atoms with Crippen molar-refractivity contribution in [1.82, 2.24) is 14.9 Å². The van der Waals surface area contributed by atoms with Crippen molar-refractivity contribution in [2.75, 3.05) is 39.9 Å². The minimum absolute atomic E-state index is 0.558. The molecule has 2 aromatic rings. The van der Waals surface area contributed by atoms with Crippen LogP contribution >= 0.6 is 0 Å². The second kappa shape index (κ2) is 7.57. The molecule has 0 bridgehead atoms. The molecular weight excluding hydrogens is 292 g/mol. The molecule has 2 N–H and O–H groups in total. The smallest absolute Gasteiger partial charge is 0.232 e. The Labute approximate surface area is 136 Å².